The first-order chi connectivity index (χ1) is 3.86. The fourth-order valence-electron chi connectivity index (χ4n) is 0.161. The molecule has 1 nitrogen and oxygen atoms in total. The van der Waals surface area contributed by atoms with E-state index in [0.29, 0.717) is 0 Å². The van der Waals surface area contributed by atoms with Crippen LogP contribution in [0.4, 0.5) is 0 Å². The van der Waals surface area contributed by atoms with Gasteiger partial charge in [-0.2, -0.15) is 0 Å². The van der Waals surface area contributed by atoms with Gasteiger partial charge in [-0.05, 0) is 6.42 Å². The summed E-state index contributed by atoms with van der Waals surface area (Å²) in [6, 6.07) is 0. The quantitative estimate of drug-likeness (QED) is 0.414. The highest BCUT2D eigenvalue weighted by atomic mass is 16.1. The minimum absolute atomic E-state index is 0.293. The van der Waals surface area contributed by atoms with Crippen molar-refractivity contribution in [3.63, 3.8) is 0 Å². The van der Waals surface area contributed by atoms with Gasteiger partial charge in [0.15, 0.2) is 0 Å². The molecule has 0 aromatic heterocycles. The highest BCUT2D eigenvalue weighted by Crippen LogP contribution is 2.10. The molecule has 0 heterocycles. The van der Waals surface area contributed by atoms with Crippen LogP contribution in [0.2, 0.25) is 0 Å². The van der Waals surface area contributed by atoms with Gasteiger partial charge in [-0.25, -0.2) is 0 Å². The minimum atomic E-state index is -1.90. The molecule has 0 aromatic carbocycles. The van der Waals surface area contributed by atoms with Crippen LogP contribution >= 0.6 is 0 Å². The van der Waals surface area contributed by atoms with E-state index in [-0.39, 0.29) is 6.42 Å². The smallest absolute Gasteiger partial charge is 0.132 e. The Labute approximate surface area is 36.6 Å². The van der Waals surface area contributed by atoms with Gasteiger partial charge in [-0.1, -0.05) is 0 Å². The molecule has 1 aliphatic carbocycles. The van der Waals surface area contributed by atoms with Gasteiger partial charge >= 0.3 is 0 Å². The molecule has 1 saturated carbocycles. The summed E-state index contributed by atoms with van der Waals surface area (Å²) in [5.74, 6) is -0.921. The summed E-state index contributed by atoms with van der Waals surface area (Å²) in [5, 5.41) is 0. The lowest BCUT2D eigenvalue weighted by molar-refractivity contribution is -0.123. The van der Waals surface area contributed by atoms with Gasteiger partial charge in [-0.15, -0.1) is 0 Å². The van der Waals surface area contributed by atoms with Crippen LogP contribution < -0.4 is 0 Å². The van der Waals surface area contributed by atoms with Crippen molar-refractivity contribution in [1.82, 2.24) is 0 Å². The van der Waals surface area contributed by atoms with Crippen molar-refractivity contribution >= 4 is 5.78 Å². The SMILES string of the molecule is [2H]C1([2H])CC([2H])([2H])C1=O. The van der Waals surface area contributed by atoms with E-state index in [1.807, 2.05) is 0 Å². The summed E-state index contributed by atoms with van der Waals surface area (Å²) in [6.07, 6.45) is -4.09. The van der Waals surface area contributed by atoms with Crippen molar-refractivity contribution in [2.75, 3.05) is 0 Å². The summed E-state index contributed by atoms with van der Waals surface area (Å²) in [5.41, 5.74) is 0. The predicted molar refractivity (Wildman–Crippen MR) is 18.9 cm³/mol. The van der Waals surface area contributed by atoms with Crippen molar-refractivity contribution in [2.24, 2.45) is 0 Å². The summed E-state index contributed by atoms with van der Waals surface area (Å²) in [6.45, 7) is 0. The van der Waals surface area contributed by atoms with E-state index in [2.05, 4.69) is 0 Å². The molecule has 1 heteroatoms. The van der Waals surface area contributed by atoms with Gasteiger partial charge in [-0.3, -0.25) is 4.79 Å². The van der Waals surface area contributed by atoms with Crippen molar-refractivity contribution in [3.05, 3.63) is 0 Å². The van der Waals surface area contributed by atoms with Gasteiger partial charge in [0.1, 0.15) is 5.78 Å². The van der Waals surface area contributed by atoms with E-state index in [9.17, 15) is 4.79 Å². The topological polar surface area (TPSA) is 17.1 Å². The van der Waals surface area contributed by atoms with Crippen LogP contribution in [-0.4, -0.2) is 5.78 Å². The van der Waals surface area contributed by atoms with Gasteiger partial charge in [0.25, 0.3) is 0 Å². The Morgan fingerprint density at radius 2 is 2.40 bits per heavy atom. The zero-order valence-electron chi connectivity index (χ0n) is 6.62. The number of hydrogen-bond donors (Lipinski definition) is 0. The average Bonchev–Trinajstić information content (AvgIpc) is 1.63. The minimum Gasteiger partial charge on any atom is -0.300 e. The molecule has 1 rings (SSSR count). The first-order valence-corrected chi connectivity index (χ1v) is 1.41. The predicted octanol–water partition coefficient (Wildman–Crippen LogP) is 0.739. The normalized spacial score (nSPS) is 54.0. The molecular formula is C4H6O. The first kappa shape index (κ1) is 0.837. The van der Waals surface area contributed by atoms with E-state index >= 15 is 0 Å². The zero-order valence-corrected chi connectivity index (χ0v) is 2.62. The molecule has 0 aromatic rings. The molecule has 0 amide bonds. The van der Waals surface area contributed by atoms with E-state index in [1.54, 1.807) is 0 Å². The van der Waals surface area contributed by atoms with Gasteiger partial charge in [0, 0.05) is 18.2 Å². The Morgan fingerprint density at radius 3 is 2.40 bits per heavy atom. The van der Waals surface area contributed by atoms with Gasteiger partial charge < -0.3 is 0 Å². The van der Waals surface area contributed by atoms with Crippen molar-refractivity contribution in [2.45, 2.75) is 19.2 Å². The van der Waals surface area contributed by atoms with Crippen molar-refractivity contribution in [1.29, 1.82) is 0 Å². The lowest BCUT2D eigenvalue weighted by Crippen LogP contribution is -2.07. The number of hydrogen-bond acceptors (Lipinski definition) is 1. The number of carbonyl (C=O) groups excluding carboxylic acids is 1. The molecule has 0 N–H and O–H groups in total. The van der Waals surface area contributed by atoms with Crippen molar-refractivity contribution < 1.29 is 10.3 Å². The van der Waals surface area contributed by atoms with Crippen LogP contribution in [0.25, 0.3) is 0 Å². The molecule has 1 aliphatic rings. The van der Waals surface area contributed by atoms with Crippen LogP contribution in [0.1, 0.15) is 24.6 Å². The highest BCUT2D eigenvalue weighted by molar-refractivity contribution is 5.83. The number of Topliss-reactive ketones (excluding diaryl/α,β-unsaturated/α-hetero) is 1. The lowest BCUT2D eigenvalue weighted by Gasteiger charge is -2.05. The van der Waals surface area contributed by atoms with E-state index in [0.717, 1.165) is 0 Å². The molecule has 0 spiro atoms. The molecule has 0 radical (unpaired) electrons. The molecular weight excluding hydrogens is 64.0 g/mol. The Bertz CT molecular complexity index is 146. The zero-order chi connectivity index (χ0) is 7.28. The Hall–Kier alpha value is -0.330. The van der Waals surface area contributed by atoms with Crippen LogP contribution in [0.5, 0.6) is 0 Å². The second kappa shape index (κ2) is 0.814. The fraction of sp³-hybridized carbons (Fsp3) is 0.750. The molecule has 1 fully saturated rings. The number of ketones is 1. The maximum absolute atomic E-state index is 10.5. The molecule has 0 atom stereocenters. The van der Waals surface area contributed by atoms with Crippen LogP contribution in [-0.2, 0) is 4.79 Å². The van der Waals surface area contributed by atoms with E-state index < -0.39 is 18.5 Å². The summed E-state index contributed by atoms with van der Waals surface area (Å²) >= 11 is 0. The molecule has 0 bridgehead atoms. The number of carbonyl (C=O) groups is 1. The molecule has 0 unspecified atom stereocenters. The lowest BCUT2D eigenvalue weighted by atomic mass is 9.99. The third kappa shape index (κ3) is 0.318. The Morgan fingerprint density at radius 1 is 1.80 bits per heavy atom. The summed E-state index contributed by atoms with van der Waals surface area (Å²) < 4.78 is 27.2. The maximum Gasteiger partial charge on any atom is 0.132 e. The monoisotopic (exact) mass is 74.1 g/mol. The highest BCUT2D eigenvalue weighted by Gasteiger charge is 2.09. The average molecular weight is 74.1 g/mol. The second-order valence-electron chi connectivity index (χ2n) is 0.859. The number of rotatable bonds is 0. The Kier molecular flexibility index (Phi) is 0.136. The van der Waals surface area contributed by atoms with Crippen LogP contribution in [0.15, 0.2) is 0 Å². The maximum atomic E-state index is 10.5. The summed E-state index contributed by atoms with van der Waals surface area (Å²) in [7, 11) is 0. The fourth-order valence-corrected chi connectivity index (χ4v) is 0.161. The molecule has 0 aliphatic heterocycles. The molecule has 0 saturated heterocycles. The van der Waals surface area contributed by atoms with Crippen molar-refractivity contribution in [3.8, 4) is 0 Å². The second-order valence-corrected chi connectivity index (χ2v) is 0.859. The first-order valence-electron chi connectivity index (χ1n) is 3.41. The van der Waals surface area contributed by atoms with Crippen LogP contribution in [0.3, 0.4) is 0 Å². The molecule has 5 heavy (non-hydrogen) atoms. The standard InChI is InChI=1S/C4H6O/c5-4-2-1-3-4/h1-3H2/i2D2,3D2. The Balaban J connectivity index is 2.74. The van der Waals surface area contributed by atoms with E-state index in [1.165, 1.54) is 0 Å². The third-order valence-electron chi connectivity index (χ3n) is 0.498. The third-order valence-corrected chi connectivity index (χ3v) is 0.498. The largest absolute Gasteiger partial charge is 0.300 e. The molecule has 28 valence electrons. The summed E-state index contributed by atoms with van der Waals surface area (Å²) in [4.78, 5) is 10.5. The van der Waals surface area contributed by atoms with Crippen LogP contribution in [0, 0.1) is 0 Å². The van der Waals surface area contributed by atoms with E-state index in [4.69, 9.17) is 5.48 Å². The van der Waals surface area contributed by atoms with Gasteiger partial charge in [0.2, 0.25) is 0 Å². The van der Waals surface area contributed by atoms with Gasteiger partial charge in [0.05, 0.1) is 0 Å².